The van der Waals surface area contributed by atoms with Crippen molar-refractivity contribution in [1.82, 2.24) is 81.5 Å². The molecular weight excluding hydrogens is 1140 g/mol. The number of H-pyrrole nitrogens is 2. The van der Waals surface area contributed by atoms with Gasteiger partial charge < -0.3 is 72.8 Å². The number of nitrogens with zero attached hydrogens (tertiary/aromatic N) is 8. The third kappa shape index (κ3) is 20.8. The van der Waals surface area contributed by atoms with Gasteiger partial charge in [-0.3, -0.25) is 38.2 Å². The fourth-order valence-corrected chi connectivity index (χ4v) is 9.68. The van der Waals surface area contributed by atoms with Crippen molar-refractivity contribution in [2.24, 2.45) is 11.5 Å². The van der Waals surface area contributed by atoms with E-state index in [4.69, 9.17) is 26.2 Å². The first kappa shape index (κ1) is 67.4. The van der Waals surface area contributed by atoms with Crippen LogP contribution in [-0.2, 0) is 41.7 Å². The van der Waals surface area contributed by atoms with E-state index >= 15 is 0 Å². The van der Waals surface area contributed by atoms with Crippen LogP contribution in [0.3, 0.4) is 0 Å². The summed E-state index contributed by atoms with van der Waals surface area (Å²) < 4.78 is 7.58. The van der Waals surface area contributed by atoms with Crippen molar-refractivity contribution in [3.05, 3.63) is 102 Å². The molecule has 0 aliphatic heterocycles. The lowest BCUT2D eigenvalue weighted by Crippen LogP contribution is -2.57. The van der Waals surface area contributed by atoms with E-state index in [9.17, 15) is 33.6 Å². The summed E-state index contributed by atoms with van der Waals surface area (Å²) in [5.74, 6) is -1.44. The van der Waals surface area contributed by atoms with Gasteiger partial charge in [0.1, 0.15) is 41.6 Å². The van der Waals surface area contributed by atoms with E-state index in [2.05, 4.69) is 106 Å². The summed E-state index contributed by atoms with van der Waals surface area (Å²) in [6.07, 6.45) is 6.37. The molecule has 89 heavy (non-hydrogen) atoms. The molecule has 7 rings (SSSR count). The number of nitrogens with one attached hydrogen (secondary N) is 8. The highest BCUT2D eigenvalue weighted by Gasteiger charge is 2.28. The summed E-state index contributed by atoms with van der Waals surface area (Å²) in [5.41, 5.74) is 19.7. The molecule has 0 unspecified atom stereocenters. The van der Waals surface area contributed by atoms with Gasteiger partial charge in [-0.1, -0.05) is 29.5 Å². The normalized spacial score (nSPS) is 12.8. The summed E-state index contributed by atoms with van der Waals surface area (Å²) >= 11 is 0. The highest BCUT2D eigenvalue weighted by molar-refractivity contribution is 5.96. The van der Waals surface area contributed by atoms with Crippen molar-refractivity contribution in [3.63, 3.8) is 0 Å². The van der Waals surface area contributed by atoms with Crippen LogP contribution in [0.15, 0.2) is 91.1 Å². The molecule has 0 spiro atoms. The van der Waals surface area contributed by atoms with E-state index in [1.165, 1.54) is 32.6 Å². The Balaban J connectivity index is 0.771. The molecule has 0 saturated heterocycles. The number of amides is 7. The predicted octanol–water partition coefficient (Wildman–Crippen LogP) is 2.71. The van der Waals surface area contributed by atoms with Gasteiger partial charge in [-0.2, -0.15) is 0 Å². The number of likely N-dealkylation sites (N-methyl/N-ethyl adjacent to an activating group) is 1. The van der Waals surface area contributed by atoms with Gasteiger partial charge in [0.15, 0.2) is 0 Å². The molecule has 12 N–H and O–H groups in total. The summed E-state index contributed by atoms with van der Waals surface area (Å²) in [5, 5.41) is 24.6. The highest BCUT2D eigenvalue weighted by Crippen LogP contribution is 2.30. The number of primary amides is 1. The minimum Gasteiger partial charge on any atom is -0.494 e. The predicted molar refractivity (Wildman–Crippen MR) is 341 cm³/mol. The monoisotopic (exact) mass is 1220 g/mol. The van der Waals surface area contributed by atoms with Crippen LogP contribution in [0.1, 0.15) is 75.9 Å². The number of aromatic amines is 2. The average molecular weight is 1220 g/mol. The summed E-state index contributed by atoms with van der Waals surface area (Å²) in [4.78, 5) is 111. The molecule has 476 valence electrons. The number of hydrogen-bond acceptors (Lipinski definition) is 16. The topological polar surface area (TPSA) is 351 Å². The maximum Gasteiger partial charge on any atom is 0.251 e. The number of unbranched alkanes of at least 4 members (excludes halogenated alkanes) is 1. The number of nitrogens with two attached hydrogens (primary N) is 2. The Labute approximate surface area is 518 Å². The lowest BCUT2D eigenvalue weighted by molar-refractivity contribution is -0.139. The smallest absolute Gasteiger partial charge is 0.251 e. The van der Waals surface area contributed by atoms with Crippen LogP contribution in [0.5, 0.6) is 5.75 Å². The van der Waals surface area contributed by atoms with Crippen molar-refractivity contribution < 1.29 is 38.3 Å². The number of ether oxygens (including phenoxy) is 1. The molecule has 0 fully saturated rings. The van der Waals surface area contributed by atoms with Gasteiger partial charge in [-0.05, 0) is 179 Å². The maximum atomic E-state index is 13.4. The first-order chi connectivity index (χ1) is 42.7. The second-order valence-corrected chi connectivity index (χ2v) is 22.6. The molecule has 26 nitrogen and oxygen atoms in total. The van der Waals surface area contributed by atoms with Gasteiger partial charge in [-0.15, -0.1) is 5.10 Å². The Morgan fingerprint density at radius 2 is 1.25 bits per heavy atom. The number of hydrogen-bond donors (Lipinski definition) is 10. The van der Waals surface area contributed by atoms with E-state index in [1.807, 2.05) is 55.7 Å². The third-order valence-electron chi connectivity index (χ3n) is 14.8. The zero-order valence-corrected chi connectivity index (χ0v) is 52.0. The van der Waals surface area contributed by atoms with Gasteiger partial charge in [0.25, 0.3) is 5.91 Å². The van der Waals surface area contributed by atoms with Crippen LogP contribution in [0.25, 0.3) is 56.0 Å². The molecule has 0 aliphatic carbocycles. The Kier molecular flexibility index (Phi) is 25.2. The molecule has 4 atom stereocenters. The zero-order valence-electron chi connectivity index (χ0n) is 52.0. The van der Waals surface area contributed by atoms with E-state index < -0.39 is 59.6 Å². The van der Waals surface area contributed by atoms with Crippen LogP contribution < -0.4 is 48.1 Å². The SMILES string of the molecule is C[C@@H](NC(=O)CNCCCN)C(=O)N[C@H](C)C(=O)N[C@H](C)C(=O)N[C@H](C)C(=O)N(CCCn1cc(CCCCN(C)CCNC(=O)c2ccc(-c3nc4ccc(-c5ccc6[nH]c(-c7ccc(OCCCN(C)C)cc7)nc6c5)cc4[nH]3)cc2)nn1)CC(N)=O. The van der Waals surface area contributed by atoms with E-state index in [1.54, 1.807) is 16.8 Å². The quantitative estimate of drug-likeness (QED) is 0.0252. The average Bonchev–Trinajstić information content (AvgIpc) is 2.45. The van der Waals surface area contributed by atoms with Crippen molar-refractivity contribution >= 4 is 63.4 Å². The van der Waals surface area contributed by atoms with Gasteiger partial charge in [0, 0.05) is 55.6 Å². The Hall–Kier alpha value is -9.11. The first-order valence-corrected chi connectivity index (χ1v) is 30.3. The maximum absolute atomic E-state index is 13.4. The van der Waals surface area contributed by atoms with Crippen LogP contribution in [0.2, 0.25) is 0 Å². The Morgan fingerprint density at radius 3 is 1.92 bits per heavy atom. The van der Waals surface area contributed by atoms with Crippen LogP contribution in [0.4, 0.5) is 0 Å². The standard InChI is InChI=1S/C63H86N18O8/c1-40(68-56(83)37-66-27-10-26-64)59(84)69-41(2)60(85)70-42(3)61(86)71-43(4)63(88)80(39-55(65)82)31-11-32-81-38-49(76-77-81)13-8-9-30-79(7)33-28-67-62(87)46-16-14-44(15-17-46)57-72-51-24-20-47(35-53(51)74-57)48-21-25-52-54(36-48)75-58(73-52)45-18-22-50(23-19-45)89-34-12-29-78(5)6/h14-25,35-36,38,40-43,66H,8-13,26-34,37,39,64H2,1-7H3,(H2,65,82)(H,67,87)(H,68,83)(H,69,84)(H,70,85)(H,71,86)(H,72,74)(H,73,75)/t40-,41-,42-,43-/m1/s1. The van der Waals surface area contributed by atoms with E-state index in [0.717, 1.165) is 93.9 Å². The molecular formula is C63H86N18O8. The Bertz CT molecular complexity index is 3490. The number of aromatic nitrogens is 7. The minimum atomic E-state index is -1.10. The molecule has 7 amide bonds. The lowest BCUT2D eigenvalue weighted by Gasteiger charge is -2.26. The highest BCUT2D eigenvalue weighted by atomic mass is 16.5. The zero-order chi connectivity index (χ0) is 64.0. The molecule has 26 heteroatoms. The van der Waals surface area contributed by atoms with Gasteiger partial charge >= 0.3 is 0 Å². The Morgan fingerprint density at radius 1 is 0.629 bits per heavy atom. The fraction of sp³-hybridized carbons (Fsp3) is 0.444. The molecule has 0 radical (unpaired) electrons. The summed E-state index contributed by atoms with van der Waals surface area (Å²) in [6, 6.07) is 23.6. The van der Waals surface area contributed by atoms with Crippen LogP contribution in [-0.4, -0.2) is 202 Å². The number of rotatable bonds is 36. The number of carbonyl (C=O) groups is 7. The molecule has 0 aliphatic rings. The minimum absolute atomic E-state index is 0.0000868. The molecule has 7 aromatic rings. The molecule has 4 aromatic carbocycles. The van der Waals surface area contributed by atoms with Gasteiger partial charge in [0.2, 0.25) is 35.4 Å². The second-order valence-electron chi connectivity index (χ2n) is 22.6. The van der Waals surface area contributed by atoms with E-state index in [-0.39, 0.29) is 25.5 Å². The largest absolute Gasteiger partial charge is 0.494 e. The number of benzene rings is 4. The molecule has 0 bridgehead atoms. The van der Waals surface area contributed by atoms with Gasteiger partial charge in [0.05, 0.1) is 47.5 Å². The summed E-state index contributed by atoms with van der Waals surface area (Å²) in [7, 11) is 6.13. The summed E-state index contributed by atoms with van der Waals surface area (Å²) in [6.45, 7) is 10.6. The fourth-order valence-electron chi connectivity index (χ4n) is 9.68. The number of imidazole rings is 2. The van der Waals surface area contributed by atoms with Crippen molar-refractivity contribution in [1.29, 1.82) is 0 Å². The van der Waals surface area contributed by atoms with Gasteiger partial charge in [-0.25, -0.2) is 9.97 Å². The van der Waals surface area contributed by atoms with Crippen molar-refractivity contribution in [2.75, 3.05) is 86.7 Å². The second kappa shape index (κ2) is 33.3. The van der Waals surface area contributed by atoms with E-state index in [0.29, 0.717) is 70.0 Å². The molecule has 0 saturated carbocycles. The van der Waals surface area contributed by atoms with Crippen molar-refractivity contribution in [2.45, 2.75) is 96.9 Å². The van der Waals surface area contributed by atoms with Crippen LogP contribution in [0, 0.1) is 0 Å². The molecule has 3 heterocycles. The van der Waals surface area contributed by atoms with Crippen LogP contribution >= 0.6 is 0 Å². The molecule has 3 aromatic heterocycles. The first-order valence-electron chi connectivity index (χ1n) is 30.3. The number of aryl methyl sites for hydroxylation is 2. The number of carbonyl (C=O) groups excluding carboxylic acids is 7. The van der Waals surface area contributed by atoms with Crippen molar-refractivity contribution in [3.8, 4) is 39.7 Å². The lowest BCUT2D eigenvalue weighted by atomic mass is 10.0. The third-order valence-corrected chi connectivity index (χ3v) is 14.8. The number of fused-ring (bicyclic) bond motifs is 2.